The van der Waals surface area contributed by atoms with Crippen molar-refractivity contribution in [3.63, 3.8) is 0 Å². The highest BCUT2D eigenvalue weighted by atomic mass is 16.1. The van der Waals surface area contributed by atoms with E-state index in [0.717, 1.165) is 35.4 Å². The number of carbonyl (C=O) groups excluding carboxylic acids is 1. The molecule has 1 aliphatic carbocycles. The topological polar surface area (TPSA) is 46.9 Å². The van der Waals surface area contributed by atoms with E-state index in [1.807, 2.05) is 32.2 Å². The molecule has 1 amide bonds. The van der Waals surface area contributed by atoms with Gasteiger partial charge in [-0.15, -0.1) is 0 Å². The third-order valence-electron chi connectivity index (χ3n) is 4.35. The molecule has 1 aromatic heterocycles. The zero-order chi connectivity index (χ0) is 14.1. The highest BCUT2D eigenvalue weighted by Crippen LogP contribution is 2.26. The Balaban J connectivity index is 1.78. The molecule has 4 nitrogen and oxygen atoms in total. The number of anilines is 1. The van der Waals surface area contributed by atoms with Crippen molar-refractivity contribution in [2.24, 2.45) is 13.0 Å². The Hall–Kier alpha value is -1.84. The first kappa shape index (κ1) is 13.2. The molecule has 1 N–H and O–H groups in total. The SMILES string of the molecule is Cc1nc2cc(NC(=O)C3CCCCC3)ccc2n1C. The number of hydrogen-bond acceptors (Lipinski definition) is 2. The summed E-state index contributed by atoms with van der Waals surface area (Å²) in [6.45, 7) is 1.99. The van der Waals surface area contributed by atoms with Crippen LogP contribution >= 0.6 is 0 Å². The third-order valence-corrected chi connectivity index (χ3v) is 4.35. The lowest BCUT2D eigenvalue weighted by Gasteiger charge is -2.20. The van der Waals surface area contributed by atoms with E-state index in [-0.39, 0.29) is 11.8 Å². The Labute approximate surface area is 119 Å². The van der Waals surface area contributed by atoms with Crippen molar-refractivity contribution >= 4 is 22.6 Å². The van der Waals surface area contributed by atoms with Crippen molar-refractivity contribution in [3.8, 4) is 0 Å². The monoisotopic (exact) mass is 271 g/mol. The Morgan fingerprint density at radius 1 is 1.30 bits per heavy atom. The van der Waals surface area contributed by atoms with Crippen molar-refractivity contribution in [3.05, 3.63) is 24.0 Å². The first-order chi connectivity index (χ1) is 9.65. The average molecular weight is 271 g/mol. The molecular formula is C16H21N3O. The van der Waals surface area contributed by atoms with Crippen LogP contribution in [0.2, 0.25) is 0 Å². The van der Waals surface area contributed by atoms with Gasteiger partial charge in [-0.25, -0.2) is 4.98 Å². The third kappa shape index (κ3) is 2.42. The van der Waals surface area contributed by atoms with Crippen LogP contribution in [0.4, 0.5) is 5.69 Å². The van der Waals surface area contributed by atoms with Gasteiger partial charge in [-0.2, -0.15) is 0 Å². The van der Waals surface area contributed by atoms with E-state index in [2.05, 4.69) is 14.9 Å². The second-order valence-corrected chi connectivity index (χ2v) is 5.75. The van der Waals surface area contributed by atoms with Gasteiger partial charge in [-0.05, 0) is 38.0 Å². The standard InChI is InChI=1S/C16H21N3O/c1-11-17-14-10-13(8-9-15(14)19(11)2)18-16(20)12-6-4-3-5-7-12/h8-10,12H,3-7H2,1-2H3,(H,18,20). The van der Waals surface area contributed by atoms with Crippen LogP contribution in [0.5, 0.6) is 0 Å². The van der Waals surface area contributed by atoms with E-state index >= 15 is 0 Å². The van der Waals surface area contributed by atoms with Crippen LogP contribution in [-0.2, 0) is 11.8 Å². The number of benzene rings is 1. The van der Waals surface area contributed by atoms with E-state index in [4.69, 9.17) is 0 Å². The van der Waals surface area contributed by atoms with Crippen molar-refractivity contribution in [1.82, 2.24) is 9.55 Å². The smallest absolute Gasteiger partial charge is 0.227 e. The van der Waals surface area contributed by atoms with Crippen LogP contribution < -0.4 is 5.32 Å². The summed E-state index contributed by atoms with van der Waals surface area (Å²) in [6.07, 6.45) is 5.67. The van der Waals surface area contributed by atoms with Crippen LogP contribution in [0.15, 0.2) is 18.2 Å². The number of aryl methyl sites for hydroxylation is 2. The number of carbonyl (C=O) groups is 1. The number of hydrogen-bond donors (Lipinski definition) is 1. The van der Waals surface area contributed by atoms with Crippen LogP contribution in [-0.4, -0.2) is 15.5 Å². The molecule has 0 radical (unpaired) electrons. The lowest BCUT2D eigenvalue weighted by molar-refractivity contribution is -0.120. The van der Waals surface area contributed by atoms with Gasteiger partial charge >= 0.3 is 0 Å². The molecule has 0 bridgehead atoms. The fourth-order valence-electron chi connectivity index (χ4n) is 3.01. The maximum Gasteiger partial charge on any atom is 0.227 e. The number of aromatic nitrogens is 2. The fraction of sp³-hybridized carbons (Fsp3) is 0.500. The summed E-state index contributed by atoms with van der Waals surface area (Å²) in [5, 5.41) is 3.04. The molecule has 2 aromatic rings. The quantitative estimate of drug-likeness (QED) is 0.910. The molecule has 1 aromatic carbocycles. The largest absolute Gasteiger partial charge is 0.331 e. The minimum atomic E-state index is 0.164. The second kappa shape index (κ2) is 5.27. The van der Waals surface area contributed by atoms with Crippen LogP contribution in [0.1, 0.15) is 37.9 Å². The minimum Gasteiger partial charge on any atom is -0.331 e. The number of amides is 1. The molecule has 1 heterocycles. The maximum absolute atomic E-state index is 12.2. The predicted octanol–water partition coefficient (Wildman–Crippen LogP) is 3.40. The van der Waals surface area contributed by atoms with E-state index < -0.39 is 0 Å². The van der Waals surface area contributed by atoms with E-state index in [9.17, 15) is 4.79 Å². The summed E-state index contributed by atoms with van der Waals surface area (Å²) in [4.78, 5) is 16.7. The fourth-order valence-corrected chi connectivity index (χ4v) is 3.01. The highest BCUT2D eigenvalue weighted by Gasteiger charge is 2.21. The molecular weight excluding hydrogens is 250 g/mol. The lowest BCUT2D eigenvalue weighted by Crippen LogP contribution is -2.24. The summed E-state index contributed by atoms with van der Waals surface area (Å²) in [7, 11) is 2.00. The minimum absolute atomic E-state index is 0.164. The number of imidazole rings is 1. The zero-order valence-electron chi connectivity index (χ0n) is 12.1. The number of rotatable bonds is 2. The van der Waals surface area contributed by atoms with E-state index in [1.54, 1.807) is 0 Å². The van der Waals surface area contributed by atoms with Gasteiger partial charge in [0.1, 0.15) is 5.82 Å². The highest BCUT2D eigenvalue weighted by molar-refractivity contribution is 5.94. The predicted molar refractivity (Wildman–Crippen MR) is 80.7 cm³/mol. The lowest BCUT2D eigenvalue weighted by atomic mass is 9.88. The summed E-state index contributed by atoms with van der Waals surface area (Å²) in [5.41, 5.74) is 2.88. The Kier molecular flexibility index (Phi) is 3.47. The Morgan fingerprint density at radius 2 is 2.05 bits per heavy atom. The average Bonchev–Trinajstić information content (AvgIpc) is 2.74. The molecule has 0 unspecified atom stereocenters. The second-order valence-electron chi connectivity index (χ2n) is 5.75. The van der Waals surface area contributed by atoms with Crippen molar-refractivity contribution in [2.75, 3.05) is 5.32 Å². The molecule has 4 heteroatoms. The normalized spacial score (nSPS) is 16.5. The van der Waals surface area contributed by atoms with Gasteiger partial charge in [-0.3, -0.25) is 4.79 Å². The number of nitrogens with zero attached hydrogens (tertiary/aromatic N) is 2. The first-order valence-electron chi connectivity index (χ1n) is 7.39. The molecule has 0 saturated heterocycles. The molecule has 1 aliphatic rings. The number of fused-ring (bicyclic) bond motifs is 1. The van der Waals surface area contributed by atoms with Gasteiger partial charge in [-0.1, -0.05) is 19.3 Å². The van der Waals surface area contributed by atoms with E-state index in [1.165, 1.54) is 19.3 Å². The summed E-state index contributed by atoms with van der Waals surface area (Å²) >= 11 is 0. The van der Waals surface area contributed by atoms with E-state index in [0.29, 0.717) is 0 Å². The summed E-state index contributed by atoms with van der Waals surface area (Å²) in [6, 6.07) is 5.94. The van der Waals surface area contributed by atoms with Gasteiger partial charge in [0.05, 0.1) is 11.0 Å². The molecule has 0 atom stereocenters. The molecule has 1 saturated carbocycles. The van der Waals surface area contributed by atoms with Crippen molar-refractivity contribution in [2.45, 2.75) is 39.0 Å². The van der Waals surface area contributed by atoms with Gasteiger partial charge in [0.25, 0.3) is 0 Å². The van der Waals surface area contributed by atoms with Crippen molar-refractivity contribution < 1.29 is 4.79 Å². The van der Waals surface area contributed by atoms with Gasteiger partial charge in [0, 0.05) is 18.7 Å². The van der Waals surface area contributed by atoms with Crippen molar-refractivity contribution in [1.29, 1.82) is 0 Å². The summed E-state index contributed by atoms with van der Waals surface area (Å²) < 4.78 is 2.06. The van der Waals surface area contributed by atoms with Gasteiger partial charge < -0.3 is 9.88 Å². The molecule has 1 fully saturated rings. The van der Waals surface area contributed by atoms with Crippen LogP contribution in [0, 0.1) is 12.8 Å². The van der Waals surface area contributed by atoms with Gasteiger partial charge in [0.2, 0.25) is 5.91 Å². The molecule has 20 heavy (non-hydrogen) atoms. The van der Waals surface area contributed by atoms with Crippen LogP contribution in [0.3, 0.4) is 0 Å². The van der Waals surface area contributed by atoms with Crippen LogP contribution in [0.25, 0.3) is 11.0 Å². The Morgan fingerprint density at radius 3 is 2.80 bits per heavy atom. The molecule has 0 aliphatic heterocycles. The maximum atomic E-state index is 12.2. The summed E-state index contributed by atoms with van der Waals surface area (Å²) in [5.74, 6) is 1.33. The molecule has 0 spiro atoms. The van der Waals surface area contributed by atoms with Gasteiger partial charge in [0.15, 0.2) is 0 Å². The molecule has 106 valence electrons. The zero-order valence-corrected chi connectivity index (χ0v) is 12.1. The Bertz CT molecular complexity index is 638. The number of nitrogens with one attached hydrogen (secondary N) is 1. The molecule has 3 rings (SSSR count). The first-order valence-corrected chi connectivity index (χ1v) is 7.39.